The fraction of sp³-hybridized carbons (Fsp3) is 0.650. The molecule has 2 atom stereocenters. The van der Waals surface area contributed by atoms with Crippen LogP contribution in [0.15, 0.2) is 23.2 Å². The molecule has 7 nitrogen and oxygen atoms in total. The molecule has 0 aromatic heterocycles. The molecule has 7 heteroatoms. The average Bonchev–Trinajstić information content (AvgIpc) is 3.36. The molecule has 1 aromatic rings. The second-order valence-corrected chi connectivity index (χ2v) is 7.17. The van der Waals surface area contributed by atoms with Gasteiger partial charge in [0.1, 0.15) is 11.5 Å². The van der Waals surface area contributed by atoms with Gasteiger partial charge in [0.25, 0.3) is 0 Å². The van der Waals surface area contributed by atoms with Gasteiger partial charge in [0.2, 0.25) is 0 Å². The van der Waals surface area contributed by atoms with Crippen LogP contribution in [0.4, 0.5) is 0 Å². The van der Waals surface area contributed by atoms with E-state index in [4.69, 9.17) is 14.2 Å². The molecule has 0 bridgehead atoms. The van der Waals surface area contributed by atoms with Gasteiger partial charge < -0.3 is 24.8 Å². The van der Waals surface area contributed by atoms with Crippen molar-refractivity contribution in [2.75, 3.05) is 47.5 Å². The van der Waals surface area contributed by atoms with Crippen LogP contribution in [0.2, 0.25) is 0 Å². The highest BCUT2D eigenvalue weighted by Crippen LogP contribution is 2.24. The predicted octanol–water partition coefficient (Wildman–Crippen LogP) is 1.62. The monoisotopic (exact) mass is 376 g/mol. The van der Waals surface area contributed by atoms with Gasteiger partial charge in [0.05, 0.1) is 20.3 Å². The summed E-state index contributed by atoms with van der Waals surface area (Å²) in [4.78, 5) is 6.80. The second kappa shape index (κ2) is 9.80. The molecule has 1 aromatic carbocycles. The number of hydrogen-bond acceptors (Lipinski definition) is 5. The average molecular weight is 377 g/mol. The van der Waals surface area contributed by atoms with Gasteiger partial charge in [-0.3, -0.25) is 9.89 Å². The van der Waals surface area contributed by atoms with Crippen LogP contribution in [-0.2, 0) is 11.3 Å². The molecular formula is C20H32N4O3. The number of rotatable bonds is 7. The number of nitrogens with zero attached hydrogens (tertiary/aromatic N) is 2. The lowest BCUT2D eigenvalue weighted by Gasteiger charge is -2.20. The van der Waals surface area contributed by atoms with Gasteiger partial charge in [-0.25, -0.2) is 0 Å². The maximum atomic E-state index is 5.67. The van der Waals surface area contributed by atoms with Gasteiger partial charge >= 0.3 is 0 Å². The number of benzene rings is 1. The molecule has 2 unspecified atom stereocenters. The van der Waals surface area contributed by atoms with Crippen LogP contribution < -0.4 is 20.1 Å². The molecule has 3 rings (SSSR count). The SMILES string of the molecule is CN=C(NCC1CCCO1)NC1CCN(Cc2cc(OC)cc(OC)c2)C1. The molecule has 0 saturated carbocycles. The van der Waals surface area contributed by atoms with Crippen molar-refractivity contribution < 1.29 is 14.2 Å². The summed E-state index contributed by atoms with van der Waals surface area (Å²) in [7, 11) is 5.19. The summed E-state index contributed by atoms with van der Waals surface area (Å²) >= 11 is 0. The number of aliphatic imine (C=N–C) groups is 1. The molecule has 0 aliphatic carbocycles. The zero-order chi connectivity index (χ0) is 19.1. The normalized spacial score (nSPS) is 23.4. The number of nitrogens with one attached hydrogen (secondary N) is 2. The minimum atomic E-state index is 0.312. The van der Waals surface area contributed by atoms with Crippen molar-refractivity contribution in [3.05, 3.63) is 23.8 Å². The highest BCUT2D eigenvalue weighted by Gasteiger charge is 2.24. The number of hydrogen-bond donors (Lipinski definition) is 2. The van der Waals surface area contributed by atoms with Crippen molar-refractivity contribution in [1.29, 1.82) is 0 Å². The first-order chi connectivity index (χ1) is 13.2. The Labute approximate surface area is 162 Å². The first kappa shape index (κ1) is 19.8. The van der Waals surface area contributed by atoms with Crippen LogP contribution in [0.3, 0.4) is 0 Å². The van der Waals surface area contributed by atoms with Gasteiger partial charge in [-0.15, -0.1) is 0 Å². The van der Waals surface area contributed by atoms with Crippen molar-refractivity contribution in [3.8, 4) is 11.5 Å². The summed E-state index contributed by atoms with van der Waals surface area (Å²) in [6.07, 6.45) is 3.70. The molecule has 27 heavy (non-hydrogen) atoms. The molecule has 2 N–H and O–H groups in total. The lowest BCUT2D eigenvalue weighted by molar-refractivity contribution is 0.113. The summed E-state index contributed by atoms with van der Waals surface area (Å²) in [6, 6.07) is 6.45. The first-order valence-electron chi connectivity index (χ1n) is 9.73. The maximum Gasteiger partial charge on any atom is 0.191 e. The molecule has 2 aliphatic rings. The molecule has 2 saturated heterocycles. The Kier molecular flexibility index (Phi) is 7.18. The van der Waals surface area contributed by atoms with Crippen LogP contribution in [-0.4, -0.2) is 70.5 Å². The van der Waals surface area contributed by atoms with Crippen molar-refractivity contribution in [1.82, 2.24) is 15.5 Å². The van der Waals surface area contributed by atoms with E-state index in [2.05, 4.69) is 32.7 Å². The van der Waals surface area contributed by atoms with E-state index in [0.29, 0.717) is 12.1 Å². The molecule has 2 fully saturated rings. The number of likely N-dealkylation sites (tertiary alicyclic amines) is 1. The van der Waals surface area contributed by atoms with Crippen LogP contribution in [0.25, 0.3) is 0 Å². The smallest absolute Gasteiger partial charge is 0.191 e. The maximum absolute atomic E-state index is 5.67. The Morgan fingerprint density at radius 3 is 2.63 bits per heavy atom. The summed E-state index contributed by atoms with van der Waals surface area (Å²) in [5, 5.41) is 6.94. The molecule has 0 amide bonds. The molecule has 0 spiro atoms. The van der Waals surface area contributed by atoms with Crippen molar-refractivity contribution in [2.45, 2.75) is 38.0 Å². The van der Waals surface area contributed by atoms with E-state index in [1.165, 1.54) is 5.56 Å². The summed E-state index contributed by atoms with van der Waals surface area (Å²) in [5.74, 6) is 2.52. The third kappa shape index (κ3) is 5.74. The Bertz CT molecular complexity index is 609. The number of ether oxygens (including phenoxy) is 3. The van der Waals surface area contributed by atoms with Gasteiger partial charge in [-0.05, 0) is 37.0 Å². The first-order valence-corrected chi connectivity index (χ1v) is 9.73. The Morgan fingerprint density at radius 1 is 1.22 bits per heavy atom. The zero-order valence-corrected chi connectivity index (χ0v) is 16.7. The van der Waals surface area contributed by atoms with E-state index < -0.39 is 0 Å². The van der Waals surface area contributed by atoms with Crippen LogP contribution in [0, 0.1) is 0 Å². The summed E-state index contributed by atoms with van der Waals surface area (Å²) in [6.45, 7) is 4.62. The Balaban J connectivity index is 1.47. The van der Waals surface area contributed by atoms with E-state index in [-0.39, 0.29) is 0 Å². The van der Waals surface area contributed by atoms with E-state index >= 15 is 0 Å². The predicted molar refractivity (Wildman–Crippen MR) is 107 cm³/mol. The Hall–Kier alpha value is -1.99. The summed E-state index contributed by atoms with van der Waals surface area (Å²) < 4.78 is 16.4. The highest BCUT2D eigenvalue weighted by atomic mass is 16.5. The van der Waals surface area contributed by atoms with Crippen LogP contribution in [0.5, 0.6) is 11.5 Å². The van der Waals surface area contributed by atoms with Gasteiger partial charge in [-0.2, -0.15) is 0 Å². The lowest BCUT2D eigenvalue weighted by atomic mass is 10.2. The number of methoxy groups -OCH3 is 2. The third-order valence-electron chi connectivity index (χ3n) is 5.18. The van der Waals surface area contributed by atoms with E-state index in [1.807, 2.05) is 13.1 Å². The lowest BCUT2D eigenvalue weighted by Crippen LogP contribution is -2.46. The van der Waals surface area contributed by atoms with Gasteiger partial charge in [0.15, 0.2) is 5.96 Å². The molecule has 2 heterocycles. The molecule has 150 valence electrons. The standard InChI is InChI=1S/C20H32N4O3/c1-21-20(22-12-17-5-4-8-27-17)23-16-6-7-24(14-16)13-15-9-18(25-2)11-19(10-15)26-3/h9-11,16-17H,4-8,12-14H2,1-3H3,(H2,21,22,23). The number of guanidine groups is 1. The van der Waals surface area contributed by atoms with Crippen LogP contribution >= 0.6 is 0 Å². The summed E-state index contributed by atoms with van der Waals surface area (Å²) in [5.41, 5.74) is 1.20. The van der Waals surface area contributed by atoms with Gasteiger partial charge in [-0.1, -0.05) is 0 Å². The molecular weight excluding hydrogens is 344 g/mol. The largest absolute Gasteiger partial charge is 0.497 e. The van der Waals surface area contributed by atoms with Crippen molar-refractivity contribution in [3.63, 3.8) is 0 Å². The molecule has 0 radical (unpaired) electrons. The van der Waals surface area contributed by atoms with E-state index in [9.17, 15) is 0 Å². The highest BCUT2D eigenvalue weighted by molar-refractivity contribution is 5.80. The quantitative estimate of drug-likeness (QED) is 0.557. The topological polar surface area (TPSA) is 67.4 Å². The van der Waals surface area contributed by atoms with E-state index in [0.717, 1.165) is 69.5 Å². The van der Waals surface area contributed by atoms with Crippen molar-refractivity contribution in [2.24, 2.45) is 4.99 Å². The third-order valence-corrected chi connectivity index (χ3v) is 5.18. The van der Waals surface area contributed by atoms with E-state index in [1.54, 1.807) is 14.2 Å². The van der Waals surface area contributed by atoms with Gasteiger partial charge in [0, 0.05) is 51.9 Å². The zero-order valence-electron chi connectivity index (χ0n) is 16.7. The molecule has 2 aliphatic heterocycles. The van der Waals surface area contributed by atoms with Crippen molar-refractivity contribution >= 4 is 5.96 Å². The fourth-order valence-corrected chi connectivity index (χ4v) is 3.71. The fourth-order valence-electron chi connectivity index (χ4n) is 3.71. The minimum absolute atomic E-state index is 0.312. The van der Waals surface area contributed by atoms with Crippen LogP contribution in [0.1, 0.15) is 24.8 Å². The second-order valence-electron chi connectivity index (χ2n) is 7.17. The Morgan fingerprint density at radius 2 is 2.00 bits per heavy atom. The minimum Gasteiger partial charge on any atom is -0.497 e.